The second-order valence-electron chi connectivity index (χ2n) is 5.92. The molecular weight excluding hydrogens is 278 g/mol. The van der Waals surface area contributed by atoms with Gasteiger partial charge in [-0.25, -0.2) is 8.78 Å². The van der Waals surface area contributed by atoms with Crippen molar-refractivity contribution in [1.82, 2.24) is 10.2 Å². The van der Waals surface area contributed by atoms with E-state index in [1.807, 2.05) is 0 Å². The van der Waals surface area contributed by atoms with E-state index < -0.39 is 17.4 Å². The van der Waals surface area contributed by atoms with Crippen LogP contribution in [0, 0.1) is 11.6 Å². The molecule has 118 valence electrons. The molecule has 2 N–H and O–H groups in total. The van der Waals surface area contributed by atoms with Crippen LogP contribution in [0.5, 0.6) is 5.75 Å². The largest absolute Gasteiger partial charge is 0.503 e. The number of morpholine rings is 1. The zero-order chi connectivity index (χ0) is 15.5. The van der Waals surface area contributed by atoms with Crippen LogP contribution >= 0.6 is 0 Å². The fourth-order valence-corrected chi connectivity index (χ4v) is 2.51. The molecule has 1 aliphatic heterocycles. The van der Waals surface area contributed by atoms with Crippen LogP contribution in [0.1, 0.15) is 19.4 Å². The van der Waals surface area contributed by atoms with Crippen LogP contribution in [-0.4, -0.2) is 48.4 Å². The van der Waals surface area contributed by atoms with E-state index in [0.29, 0.717) is 18.7 Å². The molecule has 0 bridgehead atoms. The van der Waals surface area contributed by atoms with Crippen molar-refractivity contribution in [3.8, 4) is 5.75 Å². The van der Waals surface area contributed by atoms with Crippen LogP contribution in [-0.2, 0) is 11.3 Å². The number of benzene rings is 1. The highest BCUT2D eigenvalue weighted by Gasteiger charge is 2.27. The van der Waals surface area contributed by atoms with E-state index in [2.05, 4.69) is 24.1 Å². The lowest BCUT2D eigenvalue weighted by atomic mass is 10.0. The maximum absolute atomic E-state index is 13.3. The highest BCUT2D eigenvalue weighted by Crippen LogP contribution is 2.21. The van der Waals surface area contributed by atoms with Gasteiger partial charge in [0.2, 0.25) is 0 Å². The van der Waals surface area contributed by atoms with Gasteiger partial charge in [0.05, 0.1) is 13.2 Å². The Morgan fingerprint density at radius 1 is 1.24 bits per heavy atom. The third kappa shape index (κ3) is 4.12. The third-order valence-corrected chi connectivity index (χ3v) is 3.83. The number of halogens is 2. The molecule has 4 nitrogen and oxygen atoms in total. The topological polar surface area (TPSA) is 44.7 Å². The summed E-state index contributed by atoms with van der Waals surface area (Å²) < 4.78 is 31.8. The molecule has 0 aliphatic carbocycles. The quantitative estimate of drug-likeness (QED) is 0.871. The molecule has 1 heterocycles. The number of nitrogens with zero attached hydrogens (tertiary/aromatic N) is 1. The summed E-state index contributed by atoms with van der Waals surface area (Å²) in [7, 11) is 0. The monoisotopic (exact) mass is 300 g/mol. The van der Waals surface area contributed by atoms with E-state index in [4.69, 9.17) is 9.84 Å². The highest BCUT2D eigenvalue weighted by atomic mass is 19.1. The van der Waals surface area contributed by atoms with Crippen LogP contribution < -0.4 is 5.32 Å². The van der Waals surface area contributed by atoms with Gasteiger partial charge in [-0.1, -0.05) is 0 Å². The first-order valence-electron chi connectivity index (χ1n) is 7.10. The minimum Gasteiger partial charge on any atom is -0.503 e. The summed E-state index contributed by atoms with van der Waals surface area (Å²) in [5.41, 5.74) is 0.415. The van der Waals surface area contributed by atoms with Crippen molar-refractivity contribution in [2.45, 2.75) is 25.9 Å². The Morgan fingerprint density at radius 2 is 1.81 bits per heavy atom. The Balaban J connectivity index is 1.88. The van der Waals surface area contributed by atoms with Gasteiger partial charge >= 0.3 is 0 Å². The van der Waals surface area contributed by atoms with Gasteiger partial charge in [0.15, 0.2) is 17.4 Å². The van der Waals surface area contributed by atoms with Gasteiger partial charge in [-0.05, 0) is 31.5 Å². The van der Waals surface area contributed by atoms with Crippen LogP contribution in [0.2, 0.25) is 0 Å². The van der Waals surface area contributed by atoms with Crippen LogP contribution in [0.4, 0.5) is 8.78 Å². The molecule has 1 fully saturated rings. The van der Waals surface area contributed by atoms with Gasteiger partial charge in [-0.2, -0.15) is 0 Å². The number of phenols is 1. The van der Waals surface area contributed by atoms with Gasteiger partial charge < -0.3 is 15.2 Å². The van der Waals surface area contributed by atoms with Crippen LogP contribution in [0.3, 0.4) is 0 Å². The highest BCUT2D eigenvalue weighted by molar-refractivity contribution is 5.29. The van der Waals surface area contributed by atoms with Crippen molar-refractivity contribution >= 4 is 0 Å². The maximum Gasteiger partial charge on any atom is 0.187 e. The fourth-order valence-electron chi connectivity index (χ4n) is 2.51. The number of hydrogen-bond donors (Lipinski definition) is 2. The van der Waals surface area contributed by atoms with E-state index in [-0.39, 0.29) is 5.54 Å². The smallest absolute Gasteiger partial charge is 0.187 e. The van der Waals surface area contributed by atoms with Gasteiger partial charge in [-0.15, -0.1) is 0 Å². The minimum absolute atomic E-state index is 0.0577. The maximum atomic E-state index is 13.3. The summed E-state index contributed by atoms with van der Waals surface area (Å²) in [6.07, 6.45) is 0. The first-order chi connectivity index (χ1) is 9.90. The first kappa shape index (κ1) is 16.1. The molecule has 1 aliphatic rings. The van der Waals surface area contributed by atoms with Crippen molar-refractivity contribution in [2.24, 2.45) is 0 Å². The lowest BCUT2D eigenvalue weighted by molar-refractivity contribution is -0.00967. The number of ether oxygens (including phenoxy) is 1. The average molecular weight is 300 g/mol. The predicted octanol–water partition coefficient (Wildman–Crippen LogP) is 1.87. The lowest BCUT2D eigenvalue weighted by Crippen LogP contribution is -2.54. The second-order valence-corrected chi connectivity index (χ2v) is 5.92. The minimum atomic E-state index is -0.931. The summed E-state index contributed by atoms with van der Waals surface area (Å²) in [5, 5.41) is 12.3. The Kier molecular flexibility index (Phi) is 5.13. The van der Waals surface area contributed by atoms with Gasteiger partial charge in [-0.3, -0.25) is 4.90 Å². The fraction of sp³-hybridized carbons (Fsp3) is 0.600. The number of hydrogen-bond acceptors (Lipinski definition) is 4. The molecular formula is C15H22F2N2O2. The predicted molar refractivity (Wildman–Crippen MR) is 76.2 cm³/mol. The molecule has 2 rings (SSSR count). The molecule has 0 radical (unpaired) electrons. The second kappa shape index (κ2) is 6.68. The van der Waals surface area contributed by atoms with Gasteiger partial charge in [0.25, 0.3) is 0 Å². The summed E-state index contributed by atoms with van der Waals surface area (Å²) in [6.45, 7) is 8.54. The Bertz CT molecular complexity index is 466. The average Bonchev–Trinajstić information content (AvgIpc) is 2.45. The number of phenolic OH excluding ortho intramolecular Hbond substituents is 1. The molecule has 0 aromatic heterocycles. The summed E-state index contributed by atoms with van der Waals surface area (Å²) in [6, 6.07) is 2.29. The van der Waals surface area contributed by atoms with Gasteiger partial charge in [0, 0.05) is 31.7 Å². The molecule has 1 saturated heterocycles. The van der Waals surface area contributed by atoms with Gasteiger partial charge in [0.1, 0.15) is 0 Å². The molecule has 0 atom stereocenters. The lowest BCUT2D eigenvalue weighted by Gasteiger charge is -2.41. The van der Waals surface area contributed by atoms with Crippen molar-refractivity contribution in [3.63, 3.8) is 0 Å². The normalized spacial score (nSPS) is 17.1. The molecule has 0 spiro atoms. The first-order valence-corrected chi connectivity index (χ1v) is 7.10. The summed E-state index contributed by atoms with van der Waals surface area (Å²) >= 11 is 0. The molecule has 0 amide bonds. The van der Waals surface area contributed by atoms with E-state index in [9.17, 15) is 8.78 Å². The van der Waals surface area contributed by atoms with E-state index in [1.54, 1.807) is 0 Å². The standard InChI is InChI=1S/C15H22F2N2O2/c1-15(2,19-3-5-21-6-4-19)10-18-9-11-7-12(16)14(20)13(17)8-11/h7-8,18,20H,3-6,9-10H2,1-2H3. The molecule has 6 heteroatoms. The zero-order valence-electron chi connectivity index (χ0n) is 12.5. The summed E-state index contributed by atoms with van der Waals surface area (Å²) in [5.74, 6) is -2.79. The van der Waals surface area contributed by atoms with Crippen molar-refractivity contribution < 1.29 is 18.6 Å². The Hall–Kier alpha value is -1.24. The Morgan fingerprint density at radius 3 is 2.38 bits per heavy atom. The third-order valence-electron chi connectivity index (χ3n) is 3.83. The molecule has 1 aromatic carbocycles. The Labute approximate surface area is 123 Å². The van der Waals surface area contributed by atoms with E-state index in [1.165, 1.54) is 0 Å². The number of aromatic hydroxyl groups is 1. The SMILES string of the molecule is CC(C)(CNCc1cc(F)c(O)c(F)c1)N1CCOCC1. The summed E-state index contributed by atoms with van der Waals surface area (Å²) in [4.78, 5) is 2.33. The van der Waals surface area contributed by atoms with Crippen molar-refractivity contribution in [1.29, 1.82) is 0 Å². The van der Waals surface area contributed by atoms with Crippen LogP contribution in [0.25, 0.3) is 0 Å². The molecule has 0 saturated carbocycles. The number of nitrogens with one attached hydrogen (secondary N) is 1. The van der Waals surface area contributed by atoms with Crippen LogP contribution in [0.15, 0.2) is 12.1 Å². The van der Waals surface area contributed by atoms with Crippen molar-refractivity contribution in [2.75, 3.05) is 32.8 Å². The number of rotatable bonds is 5. The van der Waals surface area contributed by atoms with Crippen molar-refractivity contribution in [3.05, 3.63) is 29.3 Å². The van der Waals surface area contributed by atoms with E-state index >= 15 is 0 Å². The molecule has 21 heavy (non-hydrogen) atoms. The molecule has 1 aromatic rings. The molecule has 0 unspecified atom stereocenters. The van der Waals surface area contributed by atoms with E-state index in [0.717, 1.165) is 38.4 Å². The zero-order valence-corrected chi connectivity index (χ0v) is 12.5.